The summed E-state index contributed by atoms with van der Waals surface area (Å²) >= 11 is 0. The topological polar surface area (TPSA) is 68.1 Å². The highest BCUT2D eigenvalue weighted by atomic mass is 16.5. The first-order chi connectivity index (χ1) is 16.2. The van der Waals surface area contributed by atoms with E-state index in [-0.39, 0.29) is 0 Å². The second kappa shape index (κ2) is 9.31. The smallest absolute Gasteiger partial charge is 0.227 e. The third-order valence-corrected chi connectivity index (χ3v) is 5.87. The summed E-state index contributed by atoms with van der Waals surface area (Å²) in [4.78, 5) is 11.6. The Morgan fingerprint density at radius 3 is 2.79 bits per heavy atom. The molecule has 166 valence electrons. The van der Waals surface area contributed by atoms with Crippen molar-refractivity contribution in [1.82, 2.24) is 24.6 Å². The van der Waals surface area contributed by atoms with Crippen LogP contribution in [0.3, 0.4) is 0 Å². The summed E-state index contributed by atoms with van der Waals surface area (Å²) in [7, 11) is 1.91. The third-order valence-electron chi connectivity index (χ3n) is 5.87. The van der Waals surface area contributed by atoms with Crippen molar-refractivity contribution in [2.24, 2.45) is 7.05 Å². The molecular formula is C26H26N6O. The minimum absolute atomic E-state index is 0.510. The Kier molecular flexibility index (Phi) is 5.92. The van der Waals surface area contributed by atoms with Gasteiger partial charge in [0.25, 0.3) is 0 Å². The lowest BCUT2D eigenvalue weighted by Gasteiger charge is -2.16. The molecule has 1 saturated heterocycles. The molecule has 1 fully saturated rings. The molecule has 0 atom stereocenters. The van der Waals surface area contributed by atoms with Crippen LogP contribution in [0.1, 0.15) is 18.4 Å². The highest BCUT2D eigenvalue weighted by Crippen LogP contribution is 2.33. The number of nitrogens with one attached hydrogen (secondary N) is 1. The lowest BCUT2D eigenvalue weighted by molar-refractivity contribution is 0.238. The molecule has 2 aromatic heterocycles. The predicted octanol–water partition coefficient (Wildman–Crippen LogP) is 4.23. The molecule has 0 aliphatic carbocycles. The molecule has 4 aromatic rings. The van der Waals surface area contributed by atoms with Crippen molar-refractivity contribution in [3.8, 4) is 29.2 Å². The Labute approximate surface area is 193 Å². The molecule has 1 N–H and O–H groups in total. The van der Waals surface area contributed by atoms with Crippen LogP contribution in [-0.2, 0) is 7.05 Å². The van der Waals surface area contributed by atoms with E-state index in [9.17, 15) is 0 Å². The van der Waals surface area contributed by atoms with Crippen molar-refractivity contribution < 1.29 is 4.74 Å². The second-order valence-corrected chi connectivity index (χ2v) is 8.24. The quantitative estimate of drug-likeness (QED) is 0.436. The van der Waals surface area contributed by atoms with Crippen LogP contribution in [0.25, 0.3) is 22.0 Å². The number of aryl methyl sites for hydroxylation is 1. The first kappa shape index (κ1) is 21.0. The number of fused-ring (bicyclic) bond motifs is 1. The van der Waals surface area contributed by atoms with E-state index >= 15 is 0 Å². The van der Waals surface area contributed by atoms with Gasteiger partial charge in [-0.25, -0.2) is 9.97 Å². The fraction of sp³-hybridized carbons (Fsp3) is 0.269. The van der Waals surface area contributed by atoms with E-state index < -0.39 is 0 Å². The van der Waals surface area contributed by atoms with E-state index in [1.807, 2.05) is 55.8 Å². The molecule has 2 aromatic carbocycles. The van der Waals surface area contributed by atoms with Crippen LogP contribution in [-0.4, -0.2) is 50.9 Å². The van der Waals surface area contributed by atoms with Gasteiger partial charge in [0.15, 0.2) is 0 Å². The Balaban J connectivity index is 1.41. The highest BCUT2D eigenvalue weighted by molar-refractivity contribution is 5.83. The van der Waals surface area contributed by atoms with Crippen LogP contribution in [0.5, 0.6) is 5.75 Å². The number of benzene rings is 2. The standard InChI is InChI=1S/C26H26N6O/c1-3-19-6-9-24-20(14-19)16-27-26(29-24)30-25-15-22(33-13-12-32-10-4-5-11-32)7-8-23(25)21-17-28-31(2)18-21/h1,6-9,14-18H,4-5,10-13H2,2H3,(H,27,29,30). The van der Waals surface area contributed by atoms with Crippen LogP contribution in [0.15, 0.2) is 55.0 Å². The summed E-state index contributed by atoms with van der Waals surface area (Å²) < 4.78 is 7.86. The van der Waals surface area contributed by atoms with Gasteiger partial charge in [0, 0.05) is 54.1 Å². The number of hydrogen-bond acceptors (Lipinski definition) is 6. The van der Waals surface area contributed by atoms with Gasteiger partial charge < -0.3 is 10.1 Å². The van der Waals surface area contributed by atoms with Gasteiger partial charge >= 0.3 is 0 Å². The van der Waals surface area contributed by atoms with Crippen molar-refractivity contribution in [2.45, 2.75) is 12.8 Å². The van der Waals surface area contributed by atoms with Gasteiger partial charge in [-0.2, -0.15) is 5.10 Å². The van der Waals surface area contributed by atoms with Gasteiger partial charge in [-0.1, -0.05) is 5.92 Å². The average Bonchev–Trinajstić information content (AvgIpc) is 3.51. The zero-order chi connectivity index (χ0) is 22.6. The maximum Gasteiger partial charge on any atom is 0.227 e. The number of anilines is 2. The van der Waals surface area contributed by atoms with Crippen LogP contribution < -0.4 is 10.1 Å². The summed E-state index contributed by atoms with van der Waals surface area (Å²) in [5.74, 6) is 3.96. The fourth-order valence-corrected chi connectivity index (χ4v) is 4.13. The summed E-state index contributed by atoms with van der Waals surface area (Å²) in [6.07, 6.45) is 13.7. The molecular weight excluding hydrogens is 412 g/mol. The minimum atomic E-state index is 0.510. The number of likely N-dealkylation sites (tertiary alicyclic amines) is 1. The normalized spacial score (nSPS) is 13.8. The largest absolute Gasteiger partial charge is 0.492 e. The molecule has 0 saturated carbocycles. The number of rotatable bonds is 7. The van der Waals surface area contributed by atoms with Crippen molar-refractivity contribution in [2.75, 3.05) is 31.6 Å². The van der Waals surface area contributed by atoms with E-state index in [4.69, 9.17) is 11.2 Å². The van der Waals surface area contributed by atoms with Crippen molar-refractivity contribution in [3.05, 3.63) is 60.6 Å². The van der Waals surface area contributed by atoms with Gasteiger partial charge in [-0.15, -0.1) is 6.42 Å². The first-order valence-corrected chi connectivity index (χ1v) is 11.2. The molecule has 33 heavy (non-hydrogen) atoms. The van der Waals surface area contributed by atoms with E-state index in [1.165, 1.54) is 12.8 Å². The summed E-state index contributed by atoms with van der Waals surface area (Å²) in [6.45, 7) is 3.94. The molecule has 1 aliphatic heterocycles. The molecule has 0 bridgehead atoms. The number of ether oxygens (including phenoxy) is 1. The molecule has 0 radical (unpaired) electrons. The predicted molar refractivity (Wildman–Crippen MR) is 131 cm³/mol. The summed E-state index contributed by atoms with van der Waals surface area (Å²) in [5.41, 5.74) is 4.50. The van der Waals surface area contributed by atoms with Crippen LogP contribution in [0.4, 0.5) is 11.6 Å². The molecule has 3 heterocycles. The fourth-order valence-electron chi connectivity index (χ4n) is 4.13. The lowest BCUT2D eigenvalue weighted by atomic mass is 10.1. The van der Waals surface area contributed by atoms with Crippen LogP contribution in [0.2, 0.25) is 0 Å². The van der Waals surface area contributed by atoms with Crippen LogP contribution >= 0.6 is 0 Å². The van der Waals surface area contributed by atoms with Crippen molar-refractivity contribution in [1.29, 1.82) is 0 Å². The first-order valence-electron chi connectivity index (χ1n) is 11.2. The van der Waals surface area contributed by atoms with Gasteiger partial charge in [-0.05, 0) is 56.3 Å². The van der Waals surface area contributed by atoms with Gasteiger partial charge in [-0.3, -0.25) is 9.58 Å². The molecule has 1 aliphatic rings. The maximum atomic E-state index is 6.08. The molecule has 0 unspecified atom stereocenters. The molecule has 0 amide bonds. The minimum Gasteiger partial charge on any atom is -0.492 e. The molecule has 7 nitrogen and oxygen atoms in total. The number of nitrogens with zero attached hydrogens (tertiary/aromatic N) is 5. The Morgan fingerprint density at radius 1 is 1.12 bits per heavy atom. The molecule has 5 rings (SSSR count). The lowest BCUT2D eigenvalue weighted by Crippen LogP contribution is -2.25. The van der Waals surface area contributed by atoms with Crippen LogP contribution in [0, 0.1) is 12.3 Å². The van der Waals surface area contributed by atoms with Gasteiger partial charge in [0.1, 0.15) is 12.4 Å². The Bertz CT molecular complexity index is 1320. The Morgan fingerprint density at radius 2 is 2.00 bits per heavy atom. The molecule has 7 heteroatoms. The van der Waals surface area contributed by atoms with Gasteiger partial charge in [0.2, 0.25) is 5.95 Å². The van der Waals surface area contributed by atoms with Gasteiger partial charge in [0.05, 0.1) is 17.4 Å². The summed E-state index contributed by atoms with van der Waals surface area (Å²) in [5, 5.41) is 8.61. The van der Waals surface area contributed by atoms with Crippen molar-refractivity contribution >= 4 is 22.5 Å². The number of hydrogen-bond donors (Lipinski definition) is 1. The third kappa shape index (κ3) is 4.81. The zero-order valence-electron chi connectivity index (χ0n) is 18.7. The van der Waals surface area contributed by atoms with E-state index in [1.54, 1.807) is 10.9 Å². The highest BCUT2D eigenvalue weighted by Gasteiger charge is 2.13. The Hall–Kier alpha value is -3.89. The van der Waals surface area contributed by atoms with E-state index in [0.717, 1.165) is 58.7 Å². The molecule has 0 spiro atoms. The van der Waals surface area contributed by atoms with Crippen molar-refractivity contribution in [3.63, 3.8) is 0 Å². The average molecular weight is 439 g/mol. The summed E-state index contributed by atoms with van der Waals surface area (Å²) in [6, 6.07) is 11.8. The monoisotopic (exact) mass is 438 g/mol. The van der Waals surface area contributed by atoms with E-state index in [0.29, 0.717) is 12.6 Å². The number of terminal acetylenes is 1. The zero-order valence-corrected chi connectivity index (χ0v) is 18.7. The second-order valence-electron chi connectivity index (χ2n) is 8.24. The maximum absolute atomic E-state index is 6.08. The van der Waals surface area contributed by atoms with E-state index in [2.05, 4.69) is 31.2 Å². The SMILES string of the molecule is C#Cc1ccc2nc(Nc3cc(OCCN4CCCC4)ccc3-c3cnn(C)c3)ncc2c1. The number of aromatic nitrogens is 4.